The summed E-state index contributed by atoms with van der Waals surface area (Å²) in [6.07, 6.45) is 1.54. The molecule has 9 nitrogen and oxygen atoms in total. The quantitative estimate of drug-likeness (QED) is 0.513. The molecular formula is C16H16N4O5S2. The zero-order chi connectivity index (χ0) is 19.4. The van der Waals surface area contributed by atoms with Gasteiger partial charge in [0.2, 0.25) is 10.0 Å². The Bertz CT molecular complexity index is 1010. The first-order valence-corrected chi connectivity index (χ1v) is 10.2. The Morgan fingerprint density at radius 2 is 2.00 bits per heavy atom. The highest BCUT2D eigenvalue weighted by molar-refractivity contribution is 7.89. The minimum absolute atomic E-state index is 0.0894. The van der Waals surface area contributed by atoms with Gasteiger partial charge in [-0.2, -0.15) is 11.3 Å². The average Bonchev–Trinajstić information content (AvgIpc) is 3.31. The Morgan fingerprint density at radius 3 is 2.63 bits per heavy atom. The number of phenolic OH excluding ortho intramolecular Hbond substituents is 1. The van der Waals surface area contributed by atoms with Crippen molar-refractivity contribution in [3.63, 3.8) is 0 Å². The Kier molecular flexibility index (Phi) is 5.54. The van der Waals surface area contributed by atoms with E-state index >= 15 is 0 Å². The van der Waals surface area contributed by atoms with E-state index in [1.54, 1.807) is 17.5 Å². The number of phenols is 1. The zero-order valence-corrected chi connectivity index (χ0v) is 15.5. The molecule has 11 heteroatoms. The van der Waals surface area contributed by atoms with Gasteiger partial charge in [0, 0.05) is 11.8 Å². The van der Waals surface area contributed by atoms with Crippen LogP contribution in [0.5, 0.6) is 5.75 Å². The van der Waals surface area contributed by atoms with Crippen LogP contribution in [0.1, 0.15) is 17.3 Å². The van der Waals surface area contributed by atoms with Crippen molar-refractivity contribution >= 4 is 27.3 Å². The van der Waals surface area contributed by atoms with Crippen molar-refractivity contribution in [1.29, 1.82) is 0 Å². The molecule has 3 N–H and O–H groups in total. The number of aliphatic carboxylic acids is 1. The Hall–Kier alpha value is -2.76. The van der Waals surface area contributed by atoms with E-state index in [1.165, 1.54) is 45.8 Å². The fourth-order valence-corrected chi connectivity index (χ4v) is 4.38. The van der Waals surface area contributed by atoms with Gasteiger partial charge in [0.15, 0.2) is 6.04 Å². The van der Waals surface area contributed by atoms with Gasteiger partial charge in [-0.15, -0.1) is 5.10 Å². The van der Waals surface area contributed by atoms with Crippen molar-refractivity contribution in [3.05, 3.63) is 58.5 Å². The highest BCUT2D eigenvalue weighted by Gasteiger charge is 2.22. The number of carbonyl (C=O) groups is 1. The summed E-state index contributed by atoms with van der Waals surface area (Å²) in [4.78, 5) is 11.8. The van der Waals surface area contributed by atoms with E-state index < -0.39 is 22.0 Å². The number of nitrogens with zero attached hydrogens (tertiary/aromatic N) is 3. The predicted octanol–water partition coefficient (Wildman–Crippen LogP) is 1.39. The molecule has 0 aliphatic rings. The summed E-state index contributed by atoms with van der Waals surface area (Å²) in [5.41, 5.74) is 1.00. The number of sulfonamides is 1. The van der Waals surface area contributed by atoms with Gasteiger partial charge in [0.05, 0.1) is 23.3 Å². The maximum absolute atomic E-state index is 12.1. The lowest BCUT2D eigenvalue weighted by molar-refractivity contribution is -0.141. The number of benzene rings is 1. The summed E-state index contributed by atoms with van der Waals surface area (Å²) in [7, 11) is -3.65. The van der Waals surface area contributed by atoms with Crippen LogP contribution in [0.4, 0.5) is 0 Å². The molecule has 0 saturated carbocycles. The Balaban J connectivity index is 1.70. The molecule has 0 saturated heterocycles. The van der Waals surface area contributed by atoms with Crippen molar-refractivity contribution in [1.82, 2.24) is 19.7 Å². The van der Waals surface area contributed by atoms with Crippen LogP contribution in [0.15, 0.2) is 52.2 Å². The molecule has 0 spiro atoms. The predicted molar refractivity (Wildman–Crippen MR) is 96.9 cm³/mol. The van der Waals surface area contributed by atoms with Crippen LogP contribution < -0.4 is 4.72 Å². The largest absolute Gasteiger partial charge is 0.508 e. The number of carboxylic acids is 1. The first-order valence-electron chi connectivity index (χ1n) is 7.78. The molecule has 0 amide bonds. The molecule has 0 aliphatic carbocycles. The van der Waals surface area contributed by atoms with E-state index in [0.29, 0.717) is 11.3 Å². The third-order valence-corrected chi connectivity index (χ3v) is 6.01. The average molecular weight is 408 g/mol. The number of hydrogen-bond acceptors (Lipinski definition) is 7. The molecule has 2 heterocycles. The SMILES string of the molecule is O=C(O)C(Cc1ccc(O)cc1)n1cc(CNS(=O)(=O)c2ccsc2)nn1. The Morgan fingerprint density at radius 1 is 1.26 bits per heavy atom. The summed E-state index contributed by atoms with van der Waals surface area (Å²) < 4.78 is 27.8. The van der Waals surface area contributed by atoms with Crippen molar-refractivity contribution in [2.75, 3.05) is 0 Å². The zero-order valence-electron chi connectivity index (χ0n) is 13.9. The maximum Gasteiger partial charge on any atom is 0.328 e. The first kappa shape index (κ1) is 19.0. The summed E-state index contributed by atoms with van der Waals surface area (Å²) >= 11 is 1.27. The van der Waals surface area contributed by atoms with Crippen LogP contribution in [-0.4, -0.2) is 39.6 Å². The van der Waals surface area contributed by atoms with Crippen molar-refractivity contribution in [3.8, 4) is 5.75 Å². The molecule has 0 radical (unpaired) electrons. The number of hydrogen-bond donors (Lipinski definition) is 3. The van der Waals surface area contributed by atoms with Gasteiger partial charge in [0.25, 0.3) is 0 Å². The lowest BCUT2D eigenvalue weighted by atomic mass is 10.1. The highest BCUT2D eigenvalue weighted by Crippen LogP contribution is 2.18. The van der Waals surface area contributed by atoms with Gasteiger partial charge in [-0.3, -0.25) is 0 Å². The van der Waals surface area contributed by atoms with E-state index in [2.05, 4.69) is 15.0 Å². The Labute approximate surface area is 159 Å². The molecule has 0 bridgehead atoms. The normalized spacial score (nSPS) is 12.7. The van der Waals surface area contributed by atoms with Gasteiger partial charge in [0.1, 0.15) is 5.75 Å². The molecule has 1 unspecified atom stereocenters. The number of aromatic hydroxyl groups is 1. The van der Waals surface area contributed by atoms with Crippen molar-refractivity contribution < 1.29 is 23.4 Å². The van der Waals surface area contributed by atoms with E-state index in [9.17, 15) is 23.4 Å². The van der Waals surface area contributed by atoms with Crippen LogP contribution in [0.3, 0.4) is 0 Å². The second kappa shape index (κ2) is 7.86. The monoisotopic (exact) mass is 408 g/mol. The highest BCUT2D eigenvalue weighted by atomic mass is 32.2. The number of rotatable bonds is 8. The molecule has 0 fully saturated rings. The molecule has 0 aliphatic heterocycles. The van der Waals surface area contributed by atoms with Gasteiger partial charge in [-0.05, 0) is 29.1 Å². The molecule has 3 rings (SSSR count). The fraction of sp³-hybridized carbons (Fsp3) is 0.188. The molecule has 142 valence electrons. The van der Waals surface area contributed by atoms with Crippen LogP contribution >= 0.6 is 11.3 Å². The summed E-state index contributed by atoms with van der Waals surface area (Å²) in [6, 6.07) is 6.67. The minimum atomic E-state index is -3.65. The van der Waals surface area contributed by atoms with Crippen LogP contribution in [0, 0.1) is 0 Å². The summed E-state index contributed by atoms with van der Waals surface area (Å²) in [6.45, 7) is -0.107. The topological polar surface area (TPSA) is 134 Å². The lowest BCUT2D eigenvalue weighted by Crippen LogP contribution is -2.23. The van der Waals surface area contributed by atoms with Crippen molar-refractivity contribution in [2.45, 2.75) is 23.9 Å². The third-order valence-electron chi connectivity index (χ3n) is 3.78. The van der Waals surface area contributed by atoms with Gasteiger partial charge in [-0.1, -0.05) is 17.3 Å². The molecule has 1 atom stereocenters. The van der Waals surface area contributed by atoms with E-state index in [-0.39, 0.29) is 23.6 Å². The number of nitrogens with one attached hydrogen (secondary N) is 1. The number of thiophene rings is 1. The summed E-state index contributed by atoms with van der Waals surface area (Å²) in [5.74, 6) is -1.01. The fourth-order valence-electron chi connectivity index (χ4n) is 2.35. The second-order valence-electron chi connectivity index (χ2n) is 5.70. The van der Waals surface area contributed by atoms with E-state index in [4.69, 9.17) is 0 Å². The molecule has 1 aromatic carbocycles. The van der Waals surface area contributed by atoms with Crippen LogP contribution in [0.2, 0.25) is 0 Å². The minimum Gasteiger partial charge on any atom is -0.508 e. The van der Waals surface area contributed by atoms with Gasteiger partial charge >= 0.3 is 5.97 Å². The van der Waals surface area contributed by atoms with Crippen LogP contribution in [-0.2, 0) is 27.8 Å². The molecular weight excluding hydrogens is 392 g/mol. The van der Waals surface area contributed by atoms with Gasteiger partial charge in [-0.25, -0.2) is 22.6 Å². The number of aromatic nitrogens is 3. The molecule has 27 heavy (non-hydrogen) atoms. The van der Waals surface area contributed by atoms with Gasteiger partial charge < -0.3 is 10.2 Å². The second-order valence-corrected chi connectivity index (χ2v) is 8.25. The molecule has 3 aromatic rings. The summed E-state index contributed by atoms with van der Waals surface area (Å²) in [5, 5.41) is 29.6. The smallest absolute Gasteiger partial charge is 0.328 e. The van der Waals surface area contributed by atoms with E-state index in [0.717, 1.165) is 0 Å². The third kappa shape index (κ3) is 4.70. The van der Waals surface area contributed by atoms with Crippen LogP contribution in [0.25, 0.3) is 0 Å². The molecule has 2 aromatic heterocycles. The lowest BCUT2D eigenvalue weighted by Gasteiger charge is -2.12. The number of carboxylic acid groups (broad SMARTS) is 1. The van der Waals surface area contributed by atoms with E-state index in [1.807, 2.05) is 0 Å². The standard InChI is InChI=1S/C16H16N4O5S2/c21-13-3-1-11(2-4-13)7-15(16(22)23)20-9-12(18-19-20)8-17-27(24,25)14-5-6-26-10-14/h1-6,9-10,15,17,21H,7-8H2,(H,22,23). The maximum atomic E-state index is 12.1. The first-order chi connectivity index (χ1) is 12.8. The van der Waals surface area contributed by atoms with Crippen molar-refractivity contribution in [2.24, 2.45) is 0 Å².